The number of oxime groups is 1. The number of anilines is 8. The number of nitrogens with zero attached hydrogens (tertiary/aromatic N) is 13. The molecule has 4 aromatic heterocycles. The second-order valence-corrected chi connectivity index (χ2v) is 35.2. The van der Waals surface area contributed by atoms with Crippen LogP contribution in [0.1, 0.15) is 60.1 Å². The number of nitrogens with two attached hydrogens (primary N) is 5. The summed E-state index contributed by atoms with van der Waals surface area (Å²) in [5.41, 5.74) is 31.0. The summed E-state index contributed by atoms with van der Waals surface area (Å²) in [7, 11) is 3.37. The van der Waals surface area contributed by atoms with Crippen molar-refractivity contribution in [1.29, 1.82) is 5.26 Å². The number of rotatable bonds is 28. The number of aromatic nitrogens is 8. The number of alkyl halides is 2. The van der Waals surface area contributed by atoms with Crippen LogP contribution in [0.4, 0.5) is 68.8 Å². The number of carbonyl (C=O) groups excluding carboxylic acids is 5. The van der Waals surface area contributed by atoms with Crippen LogP contribution in [0.3, 0.4) is 0 Å². The summed E-state index contributed by atoms with van der Waals surface area (Å²) in [6, 6.07) is 75.8. The number of esters is 1. The summed E-state index contributed by atoms with van der Waals surface area (Å²) in [6.07, 6.45) is 2.14. The number of non-ortho nitro benzene ring substituents is 4. The van der Waals surface area contributed by atoms with Gasteiger partial charge < -0.3 is 60.8 Å². The van der Waals surface area contributed by atoms with Gasteiger partial charge in [0.1, 0.15) is 6.07 Å². The molecule has 44 nitrogen and oxygen atoms in total. The van der Waals surface area contributed by atoms with Crippen LogP contribution in [0.25, 0.3) is 43.6 Å². The molecule has 0 fully saturated rings. The molecule has 15 rings (SSSR count). The third-order valence-electron chi connectivity index (χ3n) is 19.2. The molecule has 4 heterocycles. The third-order valence-corrected chi connectivity index (χ3v) is 22.4. The molecule has 143 heavy (non-hydrogen) atoms. The second kappa shape index (κ2) is 58.1. The number of carbonyl (C=O) groups is 5. The van der Waals surface area contributed by atoms with Crippen LogP contribution in [-0.4, -0.2) is 152 Å². The minimum absolute atomic E-state index is 0. The SMILES string of the molecule is CCOC(=O)Cc1ccccc1.Cn1nc(NC(=O)Cc2ccccc2)c2cc(N)ccc21.Cn1nc(NC(=O)Cc2ccccc2)c2cc(NS(=O)(=O)CCCCl)ccc21.Cn1nc(NC(=O)Cc2ccccc2)c2cc([N+](=O)[O-])ccc21.N#Cc1cc([N+](=O)[O-])ccc1N.NC(=NO)c1cc([N+](=O)[O-])ccc1N.NO.O=C(Cc1ccccc1)Nc1n[nH]c2ccc([N+](=O)[O-])cc12.O=S(=O)(Cl)CCCCl.[H-].[Na+]. The number of nitrogens with one attached hydrogen (secondary N) is 6. The Hall–Kier alpha value is -16.1. The number of aromatic amines is 1. The molecule has 0 aliphatic rings. The van der Waals surface area contributed by atoms with Crippen molar-refractivity contribution in [2.45, 2.75) is 51.9 Å². The Labute approximate surface area is 855 Å². The number of nitriles is 1. The van der Waals surface area contributed by atoms with Crippen LogP contribution < -0.4 is 84.4 Å². The van der Waals surface area contributed by atoms with E-state index >= 15 is 0 Å². The van der Waals surface area contributed by atoms with Gasteiger partial charge in [0.2, 0.25) is 42.7 Å². The number of benzene rings is 11. The molecule has 0 saturated heterocycles. The zero-order valence-electron chi connectivity index (χ0n) is 78.2. The largest absolute Gasteiger partial charge is 1.00 e. The fourth-order valence-electron chi connectivity index (χ4n) is 12.7. The molecule has 4 amide bonds. The van der Waals surface area contributed by atoms with Gasteiger partial charge >= 0.3 is 35.5 Å². The molecule has 11 aromatic carbocycles. The van der Waals surface area contributed by atoms with E-state index in [9.17, 15) is 81.3 Å². The summed E-state index contributed by atoms with van der Waals surface area (Å²) < 4.78 is 56.7. The van der Waals surface area contributed by atoms with Crippen LogP contribution in [-0.2, 0) is 101 Å². The molecular formula is C93H98Cl3N24NaO20S2. The first-order valence-electron chi connectivity index (χ1n) is 42.0. The van der Waals surface area contributed by atoms with E-state index in [1.54, 1.807) is 64.5 Å². The molecule has 0 unspecified atom stereocenters. The smallest absolute Gasteiger partial charge is 1.00 e. The first kappa shape index (κ1) is 116. The summed E-state index contributed by atoms with van der Waals surface area (Å²) in [5.74, 6) is 4.42. The summed E-state index contributed by atoms with van der Waals surface area (Å²) in [6.45, 7) is 2.26. The van der Waals surface area contributed by atoms with E-state index < -0.39 is 38.8 Å². The fraction of sp³-hybridized carbons (Fsp3) is 0.172. The van der Waals surface area contributed by atoms with E-state index in [0.29, 0.717) is 100 Å². The number of halogens is 3. The quantitative estimate of drug-likeness (QED) is 0.00207. The van der Waals surface area contributed by atoms with Crippen molar-refractivity contribution in [2.24, 2.45) is 37.9 Å². The molecule has 744 valence electrons. The average molecular weight is 2070 g/mol. The predicted octanol–water partition coefficient (Wildman–Crippen LogP) is 11.5. The van der Waals surface area contributed by atoms with Gasteiger partial charge in [-0.05, 0) is 108 Å². The van der Waals surface area contributed by atoms with Gasteiger partial charge in [-0.1, -0.05) is 157 Å². The van der Waals surface area contributed by atoms with Crippen molar-refractivity contribution in [3.8, 4) is 6.07 Å². The molecule has 0 aliphatic carbocycles. The number of aryl methyl sites for hydroxylation is 3. The number of nitro benzene ring substituents is 4. The number of H-pyrrole nitrogens is 1. The maximum absolute atomic E-state index is 12.4. The van der Waals surface area contributed by atoms with Gasteiger partial charge in [-0.2, -0.15) is 25.7 Å². The maximum atomic E-state index is 12.4. The molecule has 0 saturated carbocycles. The van der Waals surface area contributed by atoms with Gasteiger partial charge in [-0.15, -0.1) is 23.2 Å². The van der Waals surface area contributed by atoms with Gasteiger partial charge in [0, 0.05) is 131 Å². The van der Waals surface area contributed by atoms with Crippen LogP contribution in [0.2, 0.25) is 0 Å². The topological polar surface area (TPSA) is 684 Å². The van der Waals surface area contributed by atoms with Crippen molar-refractivity contribution in [2.75, 3.05) is 73.1 Å². The first-order valence-corrected chi connectivity index (χ1v) is 47.2. The van der Waals surface area contributed by atoms with E-state index in [2.05, 4.69) is 62.5 Å². The zero-order chi connectivity index (χ0) is 104. The van der Waals surface area contributed by atoms with E-state index in [0.717, 1.165) is 56.4 Å². The molecule has 0 spiro atoms. The first-order chi connectivity index (χ1) is 67.8. The predicted molar refractivity (Wildman–Crippen MR) is 545 cm³/mol. The Morgan fingerprint density at radius 2 is 0.832 bits per heavy atom. The number of hydrogen-bond donors (Lipinski definition) is 13. The average Bonchev–Trinajstić information content (AvgIpc) is 1.65. The summed E-state index contributed by atoms with van der Waals surface area (Å²) in [4.78, 5) is 100.0. The van der Waals surface area contributed by atoms with Crippen molar-refractivity contribution in [3.05, 3.63) is 340 Å². The minimum atomic E-state index is -3.48. The van der Waals surface area contributed by atoms with Crippen LogP contribution >= 0.6 is 33.9 Å². The Morgan fingerprint density at radius 3 is 1.22 bits per heavy atom. The molecular weight excluding hydrogens is 1970 g/mol. The van der Waals surface area contributed by atoms with E-state index in [4.69, 9.17) is 77.2 Å². The van der Waals surface area contributed by atoms with Crippen molar-refractivity contribution >= 4 is 201 Å². The summed E-state index contributed by atoms with van der Waals surface area (Å²) >= 11 is 10.8. The monoisotopic (exact) mass is 2060 g/mol. The van der Waals surface area contributed by atoms with Gasteiger partial charge in [0.05, 0.1) is 108 Å². The van der Waals surface area contributed by atoms with Gasteiger partial charge in [0.25, 0.3) is 22.7 Å². The van der Waals surface area contributed by atoms with Crippen molar-refractivity contribution in [1.82, 2.24) is 39.5 Å². The molecule has 0 radical (unpaired) electrons. The second-order valence-electron chi connectivity index (χ2n) is 29.7. The number of ether oxygens (including phenoxy) is 1. The van der Waals surface area contributed by atoms with Crippen LogP contribution in [0.5, 0.6) is 0 Å². The number of hydrogen-bond acceptors (Lipinski definition) is 30. The molecule has 15 aromatic rings. The number of sulfonamides is 1. The number of nitro groups is 4. The molecule has 0 bridgehead atoms. The van der Waals surface area contributed by atoms with E-state index in [1.807, 2.05) is 184 Å². The van der Waals surface area contributed by atoms with Crippen LogP contribution in [0.15, 0.2) is 266 Å². The minimum Gasteiger partial charge on any atom is -1.00 e. The van der Waals surface area contributed by atoms with E-state index in [1.165, 1.54) is 48.5 Å². The van der Waals surface area contributed by atoms with Crippen molar-refractivity contribution < 1.29 is 107 Å². The third kappa shape index (κ3) is 38.2. The number of amides is 4. The Morgan fingerprint density at radius 1 is 0.483 bits per heavy atom. The van der Waals surface area contributed by atoms with E-state index in [-0.39, 0.29) is 148 Å². The van der Waals surface area contributed by atoms with Gasteiger partial charge in [-0.25, -0.2) is 22.7 Å². The summed E-state index contributed by atoms with van der Waals surface area (Å²) in [5, 5.41) is 102. The zero-order valence-corrected chi connectivity index (χ0v) is 83.1. The van der Waals surface area contributed by atoms with Crippen LogP contribution in [0, 0.1) is 51.8 Å². The molecule has 18 N–H and O–H groups in total. The van der Waals surface area contributed by atoms with Crippen molar-refractivity contribution in [3.63, 3.8) is 0 Å². The number of fused-ring (bicyclic) bond motifs is 4. The Kier molecular flexibility index (Phi) is 47.0. The Bertz CT molecular complexity index is 7210. The standard InChI is InChI=1S/C19H21ClN4O3S.C16H14N4O3.C16H16N4O.C15H12N4O3.C10H12O2.C7H8N4O3.C7H5N3O2.C3H6Cl2O2S.H3NO.Na.H/c1-24-17-9-8-15(23-28(26,27)11-5-10-20)13-16(17)19(22-24)21-18(25)12-14-6-3-2-4-7-14;1-19-14-8-7-12(20(22)23)10-13(14)16(18-19)17-15(21)9-11-5-3-2-4-6-11;1-20-14-8-7-12(17)10-13(14)16(19-20)18-15(21)9-11-5-3-2-4-6-11;20-14(8-10-4-2-1-3-5-10)16-15-12-9-11(19(21)22)6-7-13(12)17-18-15;1-2-12-10(11)8-9-6-4-3-5-7-9;8-6-2-1-4(11(13)14)3-5(6)7(9)10-12;8-4-5-3-6(10(11)12)1-2-7(5)9;4-2-1-3-8(5,6)7;1-2;;/h2-4,6-9,13,23H,5,10-12H2,1H3,(H,21,22,25);2-8,10H,9H2,1H3,(H,17,18,21);2-8,10H,9,17H2,1H3,(H,18,19,21);1-7,9H,8H2,(H2,16,17,18,20);3-7H,2,8H2,1H3;1-3,12H,8H2,(H2,9,10);1-3H,9H2;1-3H2;2H,1H2;;/q;;;;;;;;;+1;-1. The maximum Gasteiger partial charge on any atom is 1.00 e. The number of amidine groups is 1. The van der Waals surface area contributed by atoms with Gasteiger partial charge in [0.15, 0.2) is 29.1 Å². The number of nitrogen functional groups attached to an aromatic ring is 3. The molecule has 0 aliphatic heterocycles. The fourth-order valence-corrected chi connectivity index (χ4v) is 15.2. The Balaban J connectivity index is 0.000000295. The molecule has 50 heteroatoms. The normalized spacial score (nSPS) is 10.5. The molecule has 0 atom stereocenters. The van der Waals surface area contributed by atoms with Gasteiger partial charge in [-0.3, -0.25) is 88.3 Å².